The number of rotatable bonds is 6. The summed E-state index contributed by atoms with van der Waals surface area (Å²) in [4.78, 5) is 16.7. The molecule has 1 amide bonds. The number of benzene rings is 2. The molecule has 2 aromatic rings. The third-order valence-electron chi connectivity index (χ3n) is 4.89. The van der Waals surface area contributed by atoms with E-state index in [0.29, 0.717) is 26.2 Å². The quantitative estimate of drug-likeness (QED) is 0.715. The summed E-state index contributed by atoms with van der Waals surface area (Å²) in [7, 11) is -1.11. The van der Waals surface area contributed by atoms with E-state index in [-0.39, 0.29) is 18.1 Å². The van der Waals surface area contributed by atoms with Crippen molar-refractivity contribution in [1.29, 1.82) is 0 Å². The van der Waals surface area contributed by atoms with Crippen molar-refractivity contribution in [1.82, 2.24) is 9.21 Å². The maximum absolute atomic E-state index is 13.3. The Labute approximate surface area is 171 Å². The van der Waals surface area contributed by atoms with Crippen molar-refractivity contribution in [2.45, 2.75) is 0 Å². The van der Waals surface area contributed by atoms with Crippen molar-refractivity contribution >= 4 is 27.5 Å². The molecule has 7 nitrogen and oxygen atoms in total. The zero-order valence-electron chi connectivity index (χ0n) is 16.5. The monoisotopic (exact) mass is 420 g/mol. The van der Waals surface area contributed by atoms with Crippen LogP contribution in [0.4, 0.5) is 15.8 Å². The lowest BCUT2D eigenvalue weighted by atomic mass is 10.2. The fourth-order valence-electron chi connectivity index (χ4n) is 3.19. The van der Waals surface area contributed by atoms with Crippen LogP contribution in [0.1, 0.15) is 0 Å². The number of para-hydroxylation sites is 1. The summed E-state index contributed by atoms with van der Waals surface area (Å²) < 4.78 is 40.8. The van der Waals surface area contributed by atoms with E-state index in [1.807, 2.05) is 30.3 Å². The molecule has 0 aliphatic carbocycles. The first kappa shape index (κ1) is 21.1. The van der Waals surface area contributed by atoms with E-state index in [0.717, 1.165) is 14.3 Å². The second-order valence-corrected chi connectivity index (χ2v) is 9.04. The van der Waals surface area contributed by atoms with Gasteiger partial charge < -0.3 is 9.80 Å². The van der Waals surface area contributed by atoms with Gasteiger partial charge in [0.25, 0.3) is 0 Å². The van der Waals surface area contributed by atoms with Gasteiger partial charge in [-0.05, 0) is 36.4 Å². The summed E-state index contributed by atoms with van der Waals surface area (Å²) in [6.45, 7) is 2.02. The molecule has 0 aromatic heterocycles. The van der Waals surface area contributed by atoms with Crippen molar-refractivity contribution in [3.8, 4) is 0 Å². The number of anilines is 2. The van der Waals surface area contributed by atoms with Crippen LogP contribution in [0.15, 0.2) is 54.6 Å². The standard InChI is InChI=1S/C20H25FN4O3S/c1-22(2)29(27,28)25(19-10-8-17(21)9-11-19)16-20(26)24-14-12-23(13-15-24)18-6-4-3-5-7-18/h3-11H,12-16H2,1-2H3. The van der Waals surface area contributed by atoms with Crippen LogP contribution < -0.4 is 9.21 Å². The van der Waals surface area contributed by atoms with Gasteiger partial charge in [0, 0.05) is 46.0 Å². The third kappa shape index (κ3) is 4.86. The maximum atomic E-state index is 13.3. The van der Waals surface area contributed by atoms with Crippen molar-refractivity contribution in [3.63, 3.8) is 0 Å². The Kier molecular flexibility index (Phi) is 6.39. The largest absolute Gasteiger partial charge is 0.368 e. The lowest BCUT2D eigenvalue weighted by molar-refractivity contribution is -0.129. The molecule has 0 radical (unpaired) electrons. The van der Waals surface area contributed by atoms with Gasteiger partial charge in [-0.3, -0.25) is 4.79 Å². The molecular formula is C20H25FN4O3S. The van der Waals surface area contributed by atoms with E-state index in [1.54, 1.807) is 4.90 Å². The fourth-order valence-corrected chi connectivity index (χ4v) is 4.24. The van der Waals surface area contributed by atoms with Gasteiger partial charge in [0.05, 0.1) is 5.69 Å². The van der Waals surface area contributed by atoms with Gasteiger partial charge in [0.2, 0.25) is 5.91 Å². The molecule has 3 rings (SSSR count). The van der Waals surface area contributed by atoms with Crippen LogP contribution in [0.25, 0.3) is 0 Å². The number of carbonyl (C=O) groups excluding carboxylic acids is 1. The molecule has 0 N–H and O–H groups in total. The fraction of sp³-hybridized carbons (Fsp3) is 0.350. The van der Waals surface area contributed by atoms with Crippen LogP contribution in [0.5, 0.6) is 0 Å². The minimum atomic E-state index is -3.91. The highest BCUT2D eigenvalue weighted by molar-refractivity contribution is 7.90. The molecule has 29 heavy (non-hydrogen) atoms. The molecule has 156 valence electrons. The van der Waals surface area contributed by atoms with Crippen LogP contribution in [-0.4, -0.2) is 70.3 Å². The highest BCUT2D eigenvalue weighted by Crippen LogP contribution is 2.21. The minimum Gasteiger partial charge on any atom is -0.368 e. The summed E-state index contributed by atoms with van der Waals surface area (Å²) in [6.07, 6.45) is 0. The minimum absolute atomic E-state index is 0.247. The zero-order valence-corrected chi connectivity index (χ0v) is 17.3. The second kappa shape index (κ2) is 8.79. The van der Waals surface area contributed by atoms with E-state index in [2.05, 4.69) is 4.90 Å². The molecule has 1 aliphatic heterocycles. The highest BCUT2D eigenvalue weighted by atomic mass is 32.2. The normalized spacial score (nSPS) is 14.9. The van der Waals surface area contributed by atoms with Crippen LogP contribution >= 0.6 is 0 Å². The molecule has 0 unspecified atom stereocenters. The molecule has 0 spiro atoms. The number of hydrogen-bond acceptors (Lipinski definition) is 4. The Morgan fingerprint density at radius 1 is 0.966 bits per heavy atom. The second-order valence-electron chi connectivity index (χ2n) is 6.98. The molecule has 0 atom stereocenters. The Hall–Kier alpha value is -2.65. The van der Waals surface area contributed by atoms with E-state index in [1.165, 1.54) is 38.4 Å². The van der Waals surface area contributed by atoms with Crippen molar-refractivity contribution < 1.29 is 17.6 Å². The summed E-state index contributed by atoms with van der Waals surface area (Å²) in [5, 5.41) is 0. The summed E-state index contributed by atoms with van der Waals surface area (Å²) in [6, 6.07) is 15.0. The number of hydrogen-bond donors (Lipinski definition) is 0. The highest BCUT2D eigenvalue weighted by Gasteiger charge is 2.30. The van der Waals surface area contributed by atoms with Crippen molar-refractivity contribution in [3.05, 3.63) is 60.4 Å². The topological polar surface area (TPSA) is 64.2 Å². The van der Waals surface area contributed by atoms with Crippen molar-refractivity contribution in [2.75, 3.05) is 56.0 Å². The third-order valence-corrected chi connectivity index (χ3v) is 6.71. The van der Waals surface area contributed by atoms with Gasteiger partial charge in [-0.1, -0.05) is 18.2 Å². The van der Waals surface area contributed by atoms with Crippen LogP contribution in [0.2, 0.25) is 0 Å². The zero-order chi connectivity index (χ0) is 21.0. The van der Waals surface area contributed by atoms with E-state index in [4.69, 9.17) is 0 Å². The van der Waals surface area contributed by atoms with Crippen LogP contribution in [0.3, 0.4) is 0 Å². The number of amides is 1. The average molecular weight is 421 g/mol. The Morgan fingerprint density at radius 2 is 1.55 bits per heavy atom. The number of piperazine rings is 1. The first-order valence-electron chi connectivity index (χ1n) is 9.32. The predicted molar refractivity (Wildman–Crippen MR) is 112 cm³/mol. The first-order valence-corrected chi connectivity index (χ1v) is 10.7. The Balaban J connectivity index is 1.71. The molecule has 1 aliphatic rings. The summed E-state index contributed by atoms with van der Waals surface area (Å²) in [5.74, 6) is -0.758. The number of carbonyl (C=O) groups is 1. The molecule has 0 saturated carbocycles. The van der Waals surface area contributed by atoms with Crippen LogP contribution in [0, 0.1) is 5.82 Å². The van der Waals surface area contributed by atoms with Crippen molar-refractivity contribution in [2.24, 2.45) is 0 Å². The Morgan fingerprint density at radius 3 is 2.10 bits per heavy atom. The molecule has 9 heteroatoms. The summed E-state index contributed by atoms with van der Waals surface area (Å²) >= 11 is 0. The molecule has 1 saturated heterocycles. The summed E-state index contributed by atoms with van der Waals surface area (Å²) in [5.41, 5.74) is 1.35. The van der Waals surface area contributed by atoms with Gasteiger partial charge in [-0.15, -0.1) is 0 Å². The molecule has 1 heterocycles. The Bertz CT molecular complexity index is 928. The lowest BCUT2D eigenvalue weighted by Gasteiger charge is -2.37. The maximum Gasteiger partial charge on any atom is 0.304 e. The smallest absolute Gasteiger partial charge is 0.304 e. The predicted octanol–water partition coefficient (Wildman–Crippen LogP) is 1.79. The van der Waals surface area contributed by atoms with Gasteiger partial charge in [-0.25, -0.2) is 8.70 Å². The van der Waals surface area contributed by atoms with E-state index in [9.17, 15) is 17.6 Å². The molecule has 2 aromatic carbocycles. The molecular weight excluding hydrogens is 395 g/mol. The number of nitrogens with zero attached hydrogens (tertiary/aromatic N) is 4. The van der Waals surface area contributed by atoms with Gasteiger partial charge in [-0.2, -0.15) is 12.7 Å². The lowest BCUT2D eigenvalue weighted by Crippen LogP contribution is -2.53. The average Bonchev–Trinajstić information content (AvgIpc) is 2.73. The molecule has 1 fully saturated rings. The van der Waals surface area contributed by atoms with Crippen LogP contribution in [-0.2, 0) is 15.0 Å². The van der Waals surface area contributed by atoms with Gasteiger partial charge in [0.1, 0.15) is 12.4 Å². The SMILES string of the molecule is CN(C)S(=O)(=O)N(CC(=O)N1CCN(c2ccccc2)CC1)c1ccc(F)cc1. The number of halogens is 1. The molecule has 0 bridgehead atoms. The van der Waals surface area contributed by atoms with Gasteiger partial charge >= 0.3 is 10.2 Å². The van der Waals surface area contributed by atoms with Gasteiger partial charge in [0.15, 0.2) is 0 Å². The van der Waals surface area contributed by atoms with E-state index < -0.39 is 16.0 Å². The first-order chi connectivity index (χ1) is 13.8. The van der Waals surface area contributed by atoms with E-state index >= 15 is 0 Å².